The Bertz CT molecular complexity index is 1840. The van der Waals surface area contributed by atoms with Crippen LogP contribution >= 0.6 is 0 Å². The molecule has 10 nitrogen and oxygen atoms in total. The molecule has 0 bridgehead atoms. The van der Waals surface area contributed by atoms with Crippen molar-refractivity contribution in [2.75, 3.05) is 5.32 Å². The highest BCUT2D eigenvalue weighted by molar-refractivity contribution is 5.95. The first kappa shape index (κ1) is 25.8. The number of benzene rings is 1. The molecule has 4 heterocycles. The van der Waals surface area contributed by atoms with Crippen molar-refractivity contribution in [2.24, 2.45) is 7.05 Å². The van der Waals surface area contributed by atoms with E-state index in [4.69, 9.17) is 0 Å². The SMILES string of the molecule is Cc1cn2c(n1)c(-c1ccc(=O)n(C)c1)cc1c(N[C@H](C)c3cc([N+](=O)[O-])cc(C(F)(F)F)c3)nc(C)nc12. The van der Waals surface area contributed by atoms with E-state index in [-0.39, 0.29) is 11.1 Å². The Morgan fingerprint density at radius 3 is 2.44 bits per heavy atom. The van der Waals surface area contributed by atoms with Gasteiger partial charge in [-0.1, -0.05) is 0 Å². The van der Waals surface area contributed by atoms with Crippen LogP contribution in [0.15, 0.2) is 53.6 Å². The Morgan fingerprint density at radius 2 is 1.77 bits per heavy atom. The van der Waals surface area contributed by atoms with Crippen LogP contribution in [-0.4, -0.2) is 28.8 Å². The Morgan fingerprint density at radius 1 is 1.03 bits per heavy atom. The van der Waals surface area contributed by atoms with Crippen LogP contribution in [0.5, 0.6) is 0 Å². The summed E-state index contributed by atoms with van der Waals surface area (Å²) < 4.78 is 43.7. The van der Waals surface area contributed by atoms with Crippen LogP contribution < -0.4 is 10.9 Å². The smallest absolute Gasteiger partial charge is 0.363 e. The summed E-state index contributed by atoms with van der Waals surface area (Å²) in [5.41, 5.74) is 1.34. The number of anilines is 1. The predicted molar refractivity (Wildman–Crippen MR) is 139 cm³/mol. The number of fused-ring (bicyclic) bond motifs is 3. The maximum Gasteiger partial charge on any atom is 0.416 e. The van der Waals surface area contributed by atoms with Crippen LogP contribution in [0.4, 0.5) is 24.7 Å². The minimum absolute atomic E-state index is 0.0683. The summed E-state index contributed by atoms with van der Waals surface area (Å²) in [5.74, 6) is 0.721. The zero-order valence-corrected chi connectivity index (χ0v) is 21.2. The van der Waals surface area contributed by atoms with Crippen LogP contribution in [0.2, 0.25) is 0 Å². The number of aryl methyl sites for hydroxylation is 3. The van der Waals surface area contributed by atoms with Gasteiger partial charge in [0, 0.05) is 48.8 Å². The molecule has 0 aliphatic rings. The maximum atomic E-state index is 13.5. The molecule has 1 aromatic carbocycles. The van der Waals surface area contributed by atoms with Crippen molar-refractivity contribution in [3.8, 4) is 11.1 Å². The van der Waals surface area contributed by atoms with Crippen molar-refractivity contribution in [3.63, 3.8) is 0 Å². The molecule has 0 amide bonds. The Labute approximate surface area is 218 Å². The second-order valence-corrected chi connectivity index (χ2v) is 9.29. The molecule has 0 radical (unpaired) electrons. The van der Waals surface area contributed by atoms with Crippen LogP contribution in [0.3, 0.4) is 0 Å². The first-order valence-electron chi connectivity index (χ1n) is 11.8. The molecular formula is C26H22F3N7O3. The molecule has 5 rings (SSSR count). The van der Waals surface area contributed by atoms with Crippen molar-refractivity contribution < 1.29 is 18.1 Å². The molecule has 4 aromatic heterocycles. The van der Waals surface area contributed by atoms with Crippen molar-refractivity contribution in [1.29, 1.82) is 0 Å². The highest BCUT2D eigenvalue weighted by Crippen LogP contribution is 2.36. The molecule has 0 fully saturated rings. The summed E-state index contributed by atoms with van der Waals surface area (Å²) in [6.45, 7) is 5.11. The monoisotopic (exact) mass is 537 g/mol. The van der Waals surface area contributed by atoms with Gasteiger partial charge in [-0.25, -0.2) is 15.0 Å². The minimum atomic E-state index is -4.76. The molecule has 5 aromatic rings. The zero-order valence-electron chi connectivity index (χ0n) is 21.2. The van der Waals surface area contributed by atoms with Gasteiger partial charge < -0.3 is 9.88 Å². The van der Waals surface area contributed by atoms with Gasteiger partial charge in [-0.3, -0.25) is 19.3 Å². The van der Waals surface area contributed by atoms with Gasteiger partial charge >= 0.3 is 6.18 Å². The van der Waals surface area contributed by atoms with Crippen molar-refractivity contribution >= 4 is 28.2 Å². The lowest BCUT2D eigenvalue weighted by atomic mass is 10.0. The van der Waals surface area contributed by atoms with Crippen LogP contribution in [0.1, 0.15) is 35.6 Å². The molecule has 13 heteroatoms. The number of nitro groups is 1. The molecule has 39 heavy (non-hydrogen) atoms. The molecule has 0 spiro atoms. The highest BCUT2D eigenvalue weighted by Gasteiger charge is 2.33. The summed E-state index contributed by atoms with van der Waals surface area (Å²) in [5, 5.41) is 15.0. The fourth-order valence-corrected chi connectivity index (χ4v) is 4.46. The van der Waals surface area contributed by atoms with Gasteiger partial charge in [-0.15, -0.1) is 0 Å². The normalized spacial score (nSPS) is 12.7. The molecule has 0 aliphatic heterocycles. The largest absolute Gasteiger partial charge is 0.416 e. The van der Waals surface area contributed by atoms with Gasteiger partial charge in [-0.2, -0.15) is 13.2 Å². The molecule has 0 saturated heterocycles. The van der Waals surface area contributed by atoms with E-state index in [0.717, 1.165) is 17.8 Å². The zero-order chi connectivity index (χ0) is 28.2. The summed E-state index contributed by atoms with van der Waals surface area (Å²) in [4.78, 5) is 36.2. The van der Waals surface area contributed by atoms with E-state index in [2.05, 4.69) is 20.3 Å². The molecule has 0 unspecified atom stereocenters. The number of nitrogens with one attached hydrogen (secondary N) is 1. The second-order valence-electron chi connectivity index (χ2n) is 9.29. The lowest BCUT2D eigenvalue weighted by molar-refractivity contribution is -0.385. The third-order valence-electron chi connectivity index (χ3n) is 6.35. The summed E-state index contributed by atoms with van der Waals surface area (Å²) in [6.07, 6.45) is -1.27. The summed E-state index contributed by atoms with van der Waals surface area (Å²) >= 11 is 0. The van der Waals surface area contributed by atoms with Crippen molar-refractivity contribution in [1.82, 2.24) is 23.9 Å². The number of hydrogen-bond donors (Lipinski definition) is 1. The number of nitro benzene ring substituents is 1. The highest BCUT2D eigenvalue weighted by atomic mass is 19.4. The average molecular weight is 538 g/mol. The number of imidazole rings is 1. The third-order valence-corrected chi connectivity index (χ3v) is 6.35. The number of halogens is 3. The van der Waals surface area contributed by atoms with E-state index in [1.807, 2.05) is 6.92 Å². The molecule has 1 N–H and O–H groups in total. The summed E-state index contributed by atoms with van der Waals surface area (Å²) in [6, 6.07) is 6.65. The van der Waals surface area contributed by atoms with E-state index in [1.54, 1.807) is 49.8 Å². The predicted octanol–water partition coefficient (Wildman–Crippen LogP) is 5.36. The van der Waals surface area contributed by atoms with Crippen molar-refractivity contribution in [3.05, 3.63) is 91.9 Å². The van der Waals surface area contributed by atoms with Crippen LogP contribution in [-0.2, 0) is 13.2 Å². The lowest BCUT2D eigenvalue weighted by Gasteiger charge is -2.19. The number of rotatable bonds is 5. The fraction of sp³-hybridized carbons (Fsp3) is 0.231. The van der Waals surface area contributed by atoms with Crippen molar-refractivity contribution in [2.45, 2.75) is 33.0 Å². The topological polar surface area (TPSA) is 120 Å². The number of hydrogen-bond acceptors (Lipinski definition) is 7. The van der Waals surface area contributed by atoms with Crippen LogP contribution in [0.25, 0.3) is 27.8 Å². The van der Waals surface area contributed by atoms with E-state index in [9.17, 15) is 28.1 Å². The van der Waals surface area contributed by atoms with Gasteiger partial charge in [-0.05, 0) is 44.5 Å². The molecule has 0 saturated carbocycles. The molecule has 0 aliphatic carbocycles. The van der Waals surface area contributed by atoms with Gasteiger partial charge in [0.25, 0.3) is 5.69 Å². The third kappa shape index (κ3) is 4.78. The standard InChI is InChI=1S/C26H22F3N7O3/c1-13-11-35-24(30-13)20(16-5-6-22(37)34(4)12-16)10-21-23(32-15(3)33-25(21)35)31-14(2)17-7-18(26(27,28)29)9-19(8-17)36(38)39/h5-12,14H,1-4H3,(H,31,32,33)/t14-/m1/s1. The van der Waals surface area contributed by atoms with Gasteiger partial charge in [0.15, 0.2) is 5.65 Å². The van der Waals surface area contributed by atoms with Gasteiger partial charge in [0.05, 0.1) is 27.6 Å². The molecule has 200 valence electrons. The summed E-state index contributed by atoms with van der Waals surface area (Å²) in [7, 11) is 1.64. The maximum absolute atomic E-state index is 13.5. The van der Waals surface area contributed by atoms with E-state index >= 15 is 0 Å². The number of pyridine rings is 2. The van der Waals surface area contributed by atoms with E-state index in [1.165, 1.54) is 10.6 Å². The average Bonchev–Trinajstić information content (AvgIpc) is 3.26. The molecular weight excluding hydrogens is 515 g/mol. The number of alkyl halides is 3. The van der Waals surface area contributed by atoms with E-state index < -0.39 is 28.4 Å². The second kappa shape index (κ2) is 9.19. The Hall–Kier alpha value is -4.81. The fourth-order valence-electron chi connectivity index (χ4n) is 4.46. The van der Waals surface area contributed by atoms with Crippen LogP contribution in [0, 0.1) is 24.0 Å². The minimum Gasteiger partial charge on any atom is -0.363 e. The lowest BCUT2D eigenvalue weighted by Crippen LogP contribution is -2.14. The Kier molecular flexibility index (Phi) is 6.08. The quantitative estimate of drug-likeness (QED) is 0.237. The number of non-ortho nitro benzene ring substituents is 1. The molecule has 1 atom stereocenters. The number of nitrogens with zero attached hydrogens (tertiary/aromatic N) is 6. The first-order valence-corrected chi connectivity index (χ1v) is 11.8. The van der Waals surface area contributed by atoms with Gasteiger partial charge in [0.2, 0.25) is 5.56 Å². The Balaban J connectivity index is 1.70. The van der Waals surface area contributed by atoms with Gasteiger partial charge in [0.1, 0.15) is 17.3 Å². The van der Waals surface area contributed by atoms with E-state index in [0.29, 0.717) is 45.5 Å². The number of aromatic nitrogens is 5. The first-order chi connectivity index (χ1) is 18.3.